The highest BCUT2D eigenvalue weighted by atomic mass is 16.5. The molecule has 0 radical (unpaired) electrons. The van der Waals surface area contributed by atoms with Gasteiger partial charge in [0.05, 0.1) is 18.8 Å². The highest BCUT2D eigenvalue weighted by molar-refractivity contribution is 5.89. The molecule has 0 amide bonds. The number of benzene rings is 2. The van der Waals surface area contributed by atoms with Crippen molar-refractivity contribution in [2.45, 2.75) is 6.61 Å². The van der Waals surface area contributed by atoms with E-state index in [0.717, 1.165) is 16.3 Å². The van der Waals surface area contributed by atoms with E-state index in [2.05, 4.69) is 13.2 Å². The molecule has 0 saturated heterocycles. The van der Waals surface area contributed by atoms with Gasteiger partial charge in [0.25, 0.3) is 0 Å². The fourth-order valence-corrected chi connectivity index (χ4v) is 1.99. The van der Waals surface area contributed by atoms with E-state index in [1.807, 2.05) is 42.5 Å². The Labute approximate surface area is 124 Å². The molecule has 2 aromatic carbocycles. The topological polar surface area (TPSA) is 35.5 Å². The van der Waals surface area contributed by atoms with Crippen molar-refractivity contribution in [3.05, 3.63) is 72.8 Å². The Morgan fingerprint density at radius 3 is 2.71 bits per heavy atom. The number of esters is 1. The van der Waals surface area contributed by atoms with E-state index < -0.39 is 5.97 Å². The van der Waals surface area contributed by atoms with Crippen LogP contribution in [0.1, 0.15) is 5.56 Å². The molecule has 0 bridgehead atoms. The minimum Gasteiger partial charge on any atom is -0.457 e. The van der Waals surface area contributed by atoms with Gasteiger partial charge in [-0.3, -0.25) is 0 Å². The Hall–Kier alpha value is -2.39. The van der Waals surface area contributed by atoms with Crippen LogP contribution in [-0.2, 0) is 20.9 Å². The van der Waals surface area contributed by atoms with Crippen LogP contribution < -0.4 is 0 Å². The summed E-state index contributed by atoms with van der Waals surface area (Å²) >= 11 is 0. The zero-order valence-corrected chi connectivity index (χ0v) is 11.9. The first-order valence-corrected chi connectivity index (χ1v) is 6.72. The third-order valence-corrected chi connectivity index (χ3v) is 3.04. The van der Waals surface area contributed by atoms with Crippen LogP contribution in [0.25, 0.3) is 10.8 Å². The van der Waals surface area contributed by atoms with Crippen LogP contribution in [0, 0.1) is 0 Å². The van der Waals surface area contributed by atoms with Gasteiger partial charge in [0, 0.05) is 0 Å². The Morgan fingerprint density at radius 2 is 1.90 bits per heavy atom. The lowest BCUT2D eigenvalue weighted by Gasteiger charge is -2.09. The second-order valence-corrected chi connectivity index (χ2v) is 4.62. The second kappa shape index (κ2) is 7.41. The van der Waals surface area contributed by atoms with E-state index in [1.165, 1.54) is 0 Å². The SMILES string of the molecule is C=CCOCC(=C)C(=O)OCc1cccc2ccccc12. The zero-order chi connectivity index (χ0) is 15.1. The molecular formula is C18H18O3. The van der Waals surface area contributed by atoms with Gasteiger partial charge in [-0.05, 0) is 16.3 Å². The summed E-state index contributed by atoms with van der Waals surface area (Å²) < 4.78 is 10.5. The predicted octanol–water partition coefficient (Wildman–Crippen LogP) is 3.64. The van der Waals surface area contributed by atoms with Crippen LogP contribution in [0.3, 0.4) is 0 Å². The third-order valence-electron chi connectivity index (χ3n) is 3.04. The molecule has 0 saturated carbocycles. The van der Waals surface area contributed by atoms with Crippen molar-refractivity contribution in [3.63, 3.8) is 0 Å². The molecule has 3 heteroatoms. The molecule has 0 atom stereocenters. The van der Waals surface area contributed by atoms with Crippen LogP contribution in [-0.4, -0.2) is 19.2 Å². The standard InChI is InChI=1S/C18H18O3/c1-3-11-20-12-14(2)18(19)21-13-16-9-6-8-15-7-4-5-10-17(15)16/h3-10H,1-2,11-13H2. The van der Waals surface area contributed by atoms with Gasteiger partial charge in [0.15, 0.2) is 0 Å². The average Bonchev–Trinajstić information content (AvgIpc) is 2.52. The second-order valence-electron chi connectivity index (χ2n) is 4.62. The van der Waals surface area contributed by atoms with Crippen molar-refractivity contribution in [2.24, 2.45) is 0 Å². The quantitative estimate of drug-likeness (QED) is 0.336. The van der Waals surface area contributed by atoms with Crippen LogP contribution >= 0.6 is 0 Å². The summed E-state index contributed by atoms with van der Waals surface area (Å²) in [7, 11) is 0. The van der Waals surface area contributed by atoms with Gasteiger partial charge in [-0.15, -0.1) is 6.58 Å². The highest BCUT2D eigenvalue weighted by Crippen LogP contribution is 2.19. The molecule has 0 spiro atoms. The highest BCUT2D eigenvalue weighted by Gasteiger charge is 2.09. The number of fused-ring (bicyclic) bond motifs is 1. The maximum atomic E-state index is 11.8. The molecule has 3 nitrogen and oxygen atoms in total. The minimum absolute atomic E-state index is 0.153. The minimum atomic E-state index is -0.438. The molecule has 0 heterocycles. The van der Waals surface area contributed by atoms with Gasteiger partial charge in [-0.1, -0.05) is 55.1 Å². The fraction of sp³-hybridized carbons (Fsp3) is 0.167. The van der Waals surface area contributed by atoms with E-state index >= 15 is 0 Å². The van der Waals surface area contributed by atoms with Crippen LogP contribution in [0.15, 0.2) is 67.3 Å². The maximum Gasteiger partial charge on any atom is 0.336 e. The molecule has 0 N–H and O–H groups in total. The van der Waals surface area contributed by atoms with Gasteiger partial charge in [-0.25, -0.2) is 4.79 Å². The summed E-state index contributed by atoms with van der Waals surface area (Å²) in [5.74, 6) is -0.438. The van der Waals surface area contributed by atoms with E-state index in [4.69, 9.17) is 9.47 Å². The number of ether oxygens (including phenoxy) is 2. The Balaban J connectivity index is 1.97. The molecular weight excluding hydrogens is 264 g/mol. The molecule has 2 rings (SSSR count). The van der Waals surface area contributed by atoms with Crippen LogP contribution in [0.5, 0.6) is 0 Å². The van der Waals surface area contributed by atoms with Gasteiger partial charge < -0.3 is 9.47 Å². The Kier molecular flexibility index (Phi) is 5.29. The first-order chi connectivity index (χ1) is 10.2. The fourth-order valence-electron chi connectivity index (χ4n) is 1.99. The van der Waals surface area contributed by atoms with Crippen molar-refractivity contribution < 1.29 is 14.3 Å². The Bertz CT molecular complexity index is 653. The molecule has 0 aliphatic carbocycles. The molecule has 0 aliphatic rings. The molecule has 2 aromatic rings. The van der Waals surface area contributed by atoms with Crippen LogP contribution in [0.4, 0.5) is 0 Å². The number of hydrogen-bond donors (Lipinski definition) is 0. The molecule has 0 aromatic heterocycles. The summed E-state index contributed by atoms with van der Waals surface area (Å²) in [5.41, 5.74) is 1.28. The van der Waals surface area contributed by atoms with E-state index in [9.17, 15) is 4.79 Å². The number of carbonyl (C=O) groups is 1. The monoisotopic (exact) mass is 282 g/mol. The molecule has 108 valence electrons. The lowest BCUT2D eigenvalue weighted by molar-refractivity contribution is -0.140. The van der Waals surface area contributed by atoms with Crippen molar-refractivity contribution >= 4 is 16.7 Å². The predicted molar refractivity (Wildman–Crippen MR) is 83.9 cm³/mol. The van der Waals surface area contributed by atoms with Gasteiger partial charge in [0.1, 0.15) is 6.61 Å². The smallest absolute Gasteiger partial charge is 0.336 e. The third kappa shape index (κ3) is 4.04. The van der Waals surface area contributed by atoms with E-state index in [1.54, 1.807) is 6.08 Å². The lowest BCUT2D eigenvalue weighted by atomic mass is 10.1. The van der Waals surface area contributed by atoms with Gasteiger partial charge in [-0.2, -0.15) is 0 Å². The van der Waals surface area contributed by atoms with E-state index in [0.29, 0.717) is 12.2 Å². The van der Waals surface area contributed by atoms with Gasteiger partial charge >= 0.3 is 5.97 Å². The maximum absolute atomic E-state index is 11.8. The van der Waals surface area contributed by atoms with E-state index in [-0.39, 0.29) is 13.2 Å². The molecule has 0 aliphatic heterocycles. The zero-order valence-electron chi connectivity index (χ0n) is 11.9. The number of rotatable bonds is 7. The first-order valence-electron chi connectivity index (χ1n) is 6.72. The molecule has 21 heavy (non-hydrogen) atoms. The average molecular weight is 282 g/mol. The Morgan fingerprint density at radius 1 is 1.14 bits per heavy atom. The van der Waals surface area contributed by atoms with Crippen molar-refractivity contribution in [1.82, 2.24) is 0 Å². The molecule has 0 unspecified atom stereocenters. The summed E-state index contributed by atoms with van der Waals surface area (Å²) in [6.45, 7) is 7.96. The summed E-state index contributed by atoms with van der Waals surface area (Å²) in [4.78, 5) is 11.8. The lowest BCUT2D eigenvalue weighted by Crippen LogP contribution is -2.12. The largest absolute Gasteiger partial charge is 0.457 e. The number of hydrogen-bond acceptors (Lipinski definition) is 3. The normalized spacial score (nSPS) is 10.3. The molecule has 0 fully saturated rings. The summed E-state index contributed by atoms with van der Waals surface area (Å²) in [5, 5.41) is 2.21. The summed E-state index contributed by atoms with van der Waals surface area (Å²) in [6, 6.07) is 13.9. The van der Waals surface area contributed by atoms with Crippen molar-refractivity contribution in [1.29, 1.82) is 0 Å². The number of carbonyl (C=O) groups excluding carboxylic acids is 1. The van der Waals surface area contributed by atoms with Gasteiger partial charge in [0.2, 0.25) is 0 Å². The van der Waals surface area contributed by atoms with Crippen molar-refractivity contribution in [2.75, 3.05) is 13.2 Å². The van der Waals surface area contributed by atoms with Crippen LogP contribution in [0.2, 0.25) is 0 Å². The van der Waals surface area contributed by atoms with Crippen molar-refractivity contribution in [3.8, 4) is 0 Å². The first kappa shape index (κ1) is 15.0. The summed E-state index contributed by atoms with van der Waals surface area (Å²) in [6.07, 6.45) is 1.62.